The van der Waals surface area contributed by atoms with Gasteiger partial charge < -0.3 is 10.0 Å². The van der Waals surface area contributed by atoms with Crippen molar-refractivity contribution in [2.24, 2.45) is 0 Å². The fourth-order valence-corrected chi connectivity index (χ4v) is 4.75. The number of para-hydroxylation sites is 1. The van der Waals surface area contributed by atoms with E-state index in [1.165, 1.54) is 27.7 Å². The summed E-state index contributed by atoms with van der Waals surface area (Å²) in [5.74, 6) is 0.430. The van der Waals surface area contributed by atoms with E-state index < -0.39 is 0 Å². The van der Waals surface area contributed by atoms with Gasteiger partial charge in [0.15, 0.2) is 0 Å². The number of nitrogens with zero attached hydrogens (tertiary/aromatic N) is 1. The van der Waals surface area contributed by atoms with E-state index in [-0.39, 0.29) is 0 Å². The number of benzene rings is 3. The molecule has 1 unspecified atom stereocenters. The van der Waals surface area contributed by atoms with Crippen LogP contribution >= 0.6 is 8.58 Å². The summed E-state index contributed by atoms with van der Waals surface area (Å²) in [5.41, 5.74) is 5.94. The summed E-state index contributed by atoms with van der Waals surface area (Å²) < 4.78 is 0. The van der Waals surface area contributed by atoms with Gasteiger partial charge in [-0.2, -0.15) is 0 Å². The molecule has 0 aromatic heterocycles. The Bertz CT molecular complexity index is 906. The van der Waals surface area contributed by atoms with Crippen LogP contribution in [0.1, 0.15) is 22.3 Å². The summed E-state index contributed by atoms with van der Waals surface area (Å²) in [6.45, 7) is 7.06. The molecular formula is C23H26NOP. The summed E-state index contributed by atoms with van der Waals surface area (Å²) >= 11 is 0. The molecule has 0 fully saturated rings. The lowest BCUT2D eigenvalue weighted by Crippen LogP contribution is -2.22. The molecule has 0 aliphatic rings. The van der Waals surface area contributed by atoms with Crippen LogP contribution in [0.2, 0.25) is 0 Å². The summed E-state index contributed by atoms with van der Waals surface area (Å²) in [6, 6.07) is 21.1. The highest BCUT2D eigenvalue weighted by atomic mass is 31.1. The lowest BCUT2D eigenvalue weighted by Gasteiger charge is -2.22. The van der Waals surface area contributed by atoms with E-state index in [1.54, 1.807) is 0 Å². The van der Waals surface area contributed by atoms with Crippen LogP contribution in [0.4, 0.5) is 5.69 Å². The molecule has 134 valence electrons. The normalized spacial score (nSPS) is 11.2. The zero-order chi connectivity index (χ0) is 18.7. The summed E-state index contributed by atoms with van der Waals surface area (Å²) in [7, 11) is 2.57. The third-order valence-electron chi connectivity index (χ3n) is 4.67. The molecule has 3 aromatic rings. The number of phenols is 1. The third kappa shape index (κ3) is 4.08. The Labute approximate surface area is 158 Å². The molecule has 0 spiro atoms. The SMILES string of the molecule is Cc1cc(C)c(O)c(Pc2c(C)cccc2CN(C)c2ccccc2)c1. The van der Waals surface area contributed by atoms with Crippen molar-refractivity contribution < 1.29 is 5.11 Å². The average Bonchev–Trinajstić information content (AvgIpc) is 2.62. The Balaban J connectivity index is 1.93. The average molecular weight is 363 g/mol. The fraction of sp³-hybridized carbons (Fsp3) is 0.217. The van der Waals surface area contributed by atoms with E-state index in [2.05, 4.69) is 74.3 Å². The Morgan fingerprint density at radius 2 is 1.62 bits per heavy atom. The lowest BCUT2D eigenvalue weighted by molar-refractivity contribution is 0.475. The minimum atomic E-state index is 0.430. The van der Waals surface area contributed by atoms with E-state index in [0.29, 0.717) is 14.3 Å². The predicted octanol–water partition coefficient (Wildman–Crippen LogP) is 4.58. The van der Waals surface area contributed by atoms with Crippen molar-refractivity contribution in [2.45, 2.75) is 27.3 Å². The summed E-state index contributed by atoms with van der Waals surface area (Å²) in [5, 5.41) is 12.9. The number of aryl methyl sites for hydroxylation is 3. The fourth-order valence-electron chi connectivity index (χ4n) is 3.26. The Morgan fingerprint density at radius 3 is 2.35 bits per heavy atom. The van der Waals surface area contributed by atoms with Crippen molar-refractivity contribution in [2.75, 3.05) is 11.9 Å². The number of hydrogen-bond acceptors (Lipinski definition) is 2. The van der Waals surface area contributed by atoms with Crippen LogP contribution in [0, 0.1) is 20.8 Å². The van der Waals surface area contributed by atoms with E-state index in [4.69, 9.17) is 0 Å². The molecule has 0 aliphatic carbocycles. The van der Waals surface area contributed by atoms with E-state index >= 15 is 0 Å². The Kier molecular flexibility index (Phi) is 5.64. The molecule has 0 saturated heterocycles. The second-order valence-corrected chi connectivity index (χ2v) is 8.19. The zero-order valence-electron chi connectivity index (χ0n) is 15.9. The lowest BCUT2D eigenvalue weighted by atomic mass is 10.1. The molecule has 26 heavy (non-hydrogen) atoms. The molecule has 3 heteroatoms. The first-order chi connectivity index (χ1) is 12.5. The number of hydrogen-bond donors (Lipinski definition) is 1. The minimum absolute atomic E-state index is 0.430. The van der Waals surface area contributed by atoms with Crippen molar-refractivity contribution in [1.82, 2.24) is 0 Å². The van der Waals surface area contributed by atoms with E-state index in [0.717, 1.165) is 17.4 Å². The first kappa shape index (κ1) is 18.5. The Hall–Kier alpha value is -2.31. The van der Waals surface area contributed by atoms with Gasteiger partial charge >= 0.3 is 0 Å². The van der Waals surface area contributed by atoms with Gasteiger partial charge in [0, 0.05) is 24.6 Å². The number of phenolic OH excluding ortho intramolecular Hbond substituents is 1. The predicted molar refractivity (Wildman–Crippen MR) is 115 cm³/mol. The van der Waals surface area contributed by atoms with Crippen LogP contribution in [-0.2, 0) is 6.54 Å². The van der Waals surface area contributed by atoms with Gasteiger partial charge in [-0.1, -0.05) is 51.0 Å². The van der Waals surface area contributed by atoms with Crippen molar-refractivity contribution in [3.63, 3.8) is 0 Å². The second kappa shape index (κ2) is 7.93. The van der Waals surface area contributed by atoms with Crippen molar-refractivity contribution in [3.8, 4) is 5.75 Å². The molecule has 1 atom stereocenters. The molecular weight excluding hydrogens is 337 g/mol. The molecule has 0 aliphatic heterocycles. The topological polar surface area (TPSA) is 23.5 Å². The molecule has 2 nitrogen and oxygen atoms in total. The van der Waals surface area contributed by atoms with Crippen molar-refractivity contribution in [1.29, 1.82) is 0 Å². The van der Waals surface area contributed by atoms with Crippen LogP contribution in [0.5, 0.6) is 5.75 Å². The molecule has 0 bridgehead atoms. The minimum Gasteiger partial charge on any atom is -0.507 e. The molecule has 0 saturated carbocycles. The molecule has 1 N–H and O–H groups in total. The monoisotopic (exact) mass is 363 g/mol. The molecule has 0 radical (unpaired) electrons. The standard InChI is InChI=1S/C23H26NOP/c1-16-13-18(3)22(25)21(14-16)26-23-17(2)9-8-10-19(23)15-24(4)20-11-6-5-7-12-20/h5-14,25-26H,15H2,1-4H3. The highest BCUT2D eigenvalue weighted by molar-refractivity contribution is 7.56. The maximum atomic E-state index is 10.5. The van der Waals surface area contributed by atoms with E-state index in [1.807, 2.05) is 19.1 Å². The van der Waals surface area contributed by atoms with Crippen molar-refractivity contribution >= 4 is 24.9 Å². The van der Waals surface area contributed by atoms with Crippen LogP contribution in [0.3, 0.4) is 0 Å². The number of aromatic hydroxyl groups is 1. The highest BCUT2D eigenvalue weighted by Crippen LogP contribution is 2.26. The molecule has 3 aromatic carbocycles. The van der Waals surface area contributed by atoms with Gasteiger partial charge in [-0.3, -0.25) is 0 Å². The molecule has 3 rings (SSSR count). The van der Waals surface area contributed by atoms with Gasteiger partial charge in [-0.15, -0.1) is 0 Å². The second-order valence-electron chi connectivity index (χ2n) is 6.90. The third-order valence-corrected chi connectivity index (χ3v) is 6.28. The van der Waals surface area contributed by atoms with Crippen LogP contribution in [0.25, 0.3) is 0 Å². The zero-order valence-corrected chi connectivity index (χ0v) is 16.9. The Morgan fingerprint density at radius 1 is 0.885 bits per heavy atom. The smallest absolute Gasteiger partial charge is 0.126 e. The first-order valence-corrected chi connectivity index (χ1v) is 9.87. The molecule has 0 amide bonds. The van der Waals surface area contributed by atoms with Crippen LogP contribution < -0.4 is 15.5 Å². The maximum absolute atomic E-state index is 10.5. The van der Waals surface area contributed by atoms with Gasteiger partial charge in [-0.25, -0.2) is 0 Å². The van der Waals surface area contributed by atoms with E-state index in [9.17, 15) is 5.11 Å². The van der Waals surface area contributed by atoms with Crippen LogP contribution in [-0.4, -0.2) is 12.2 Å². The van der Waals surface area contributed by atoms with Gasteiger partial charge in [0.05, 0.1) is 0 Å². The van der Waals surface area contributed by atoms with Gasteiger partial charge in [0.1, 0.15) is 5.75 Å². The summed E-state index contributed by atoms with van der Waals surface area (Å²) in [4.78, 5) is 2.27. The summed E-state index contributed by atoms with van der Waals surface area (Å²) in [6.07, 6.45) is 0. The van der Waals surface area contributed by atoms with Crippen LogP contribution in [0.15, 0.2) is 60.7 Å². The largest absolute Gasteiger partial charge is 0.507 e. The van der Waals surface area contributed by atoms with Crippen molar-refractivity contribution in [3.05, 3.63) is 82.9 Å². The van der Waals surface area contributed by atoms with Gasteiger partial charge in [-0.05, 0) is 66.5 Å². The molecule has 0 heterocycles. The maximum Gasteiger partial charge on any atom is 0.126 e. The number of anilines is 1. The van der Waals surface area contributed by atoms with Gasteiger partial charge in [0.25, 0.3) is 0 Å². The van der Waals surface area contributed by atoms with Gasteiger partial charge in [0.2, 0.25) is 0 Å². The quantitative estimate of drug-likeness (QED) is 0.671. The highest BCUT2D eigenvalue weighted by Gasteiger charge is 2.13. The first-order valence-electron chi connectivity index (χ1n) is 8.87. The number of rotatable bonds is 5.